The third kappa shape index (κ3) is 4.82. The van der Waals surface area contributed by atoms with Gasteiger partial charge in [0.1, 0.15) is 11.6 Å². The molecule has 0 aliphatic heterocycles. The van der Waals surface area contributed by atoms with Crippen molar-refractivity contribution in [2.75, 3.05) is 13.2 Å². The van der Waals surface area contributed by atoms with E-state index in [4.69, 9.17) is 4.74 Å². The minimum Gasteiger partial charge on any atom is -0.381 e. The summed E-state index contributed by atoms with van der Waals surface area (Å²) in [7, 11) is 0. The van der Waals surface area contributed by atoms with Crippen molar-refractivity contribution in [3.8, 4) is 0 Å². The molecule has 0 radical (unpaired) electrons. The van der Waals surface area contributed by atoms with Crippen molar-refractivity contribution in [1.82, 2.24) is 4.98 Å². The molecular weight excluding hydrogens is 225 g/mol. The normalized spacial score (nSPS) is 10.2. The fourth-order valence-electron chi connectivity index (χ4n) is 1.26. The number of hydrogen-bond donors (Lipinski definition) is 0. The van der Waals surface area contributed by atoms with E-state index in [9.17, 15) is 14.0 Å². The summed E-state index contributed by atoms with van der Waals surface area (Å²) < 4.78 is 17.8. The molecular formula is C12H14FNO3. The van der Waals surface area contributed by atoms with Crippen LogP contribution >= 0.6 is 0 Å². The van der Waals surface area contributed by atoms with E-state index in [1.807, 2.05) is 6.92 Å². The number of ketones is 2. The van der Waals surface area contributed by atoms with Crippen molar-refractivity contribution in [3.05, 3.63) is 29.8 Å². The highest BCUT2D eigenvalue weighted by molar-refractivity contribution is 6.07. The molecule has 0 saturated heterocycles. The van der Waals surface area contributed by atoms with Gasteiger partial charge < -0.3 is 4.74 Å². The van der Waals surface area contributed by atoms with Crippen LogP contribution in [0.25, 0.3) is 0 Å². The van der Waals surface area contributed by atoms with Crippen molar-refractivity contribution in [2.45, 2.75) is 19.8 Å². The van der Waals surface area contributed by atoms with Crippen LogP contribution in [-0.2, 0) is 9.53 Å². The van der Waals surface area contributed by atoms with Gasteiger partial charge >= 0.3 is 0 Å². The fourth-order valence-corrected chi connectivity index (χ4v) is 1.26. The van der Waals surface area contributed by atoms with Crippen molar-refractivity contribution < 1.29 is 18.7 Å². The second kappa shape index (κ2) is 6.85. The maximum Gasteiger partial charge on any atom is 0.171 e. The highest BCUT2D eigenvalue weighted by atomic mass is 19.1. The Labute approximate surface area is 98.8 Å². The molecule has 0 fully saturated rings. The summed E-state index contributed by atoms with van der Waals surface area (Å²) in [6.45, 7) is 2.67. The average molecular weight is 239 g/mol. The summed E-state index contributed by atoms with van der Waals surface area (Å²) >= 11 is 0. The van der Waals surface area contributed by atoms with Crippen LogP contribution in [0.15, 0.2) is 18.5 Å². The molecule has 0 spiro atoms. The van der Waals surface area contributed by atoms with E-state index in [0.29, 0.717) is 13.2 Å². The average Bonchev–Trinajstić information content (AvgIpc) is 2.29. The second-order valence-corrected chi connectivity index (χ2v) is 3.48. The molecule has 1 aromatic rings. The lowest BCUT2D eigenvalue weighted by Crippen LogP contribution is -2.11. The molecule has 0 aliphatic carbocycles. The minimum absolute atomic E-state index is 0.120. The van der Waals surface area contributed by atoms with Crippen LogP contribution < -0.4 is 0 Å². The Hall–Kier alpha value is -1.62. The van der Waals surface area contributed by atoms with Gasteiger partial charge in [-0.2, -0.15) is 0 Å². The molecule has 4 nitrogen and oxygen atoms in total. The fraction of sp³-hybridized carbons (Fsp3) is 0.417. The van der Waals surface area contributed by atoms with Crippen LogP contribution in [0, 0.1) is 5.82 Å². The van der Waals surface area contributed by atoms with Crippen molar-refractivity contribution in [1.29, 1.82) is 0 Å². The molecule has 17 heavy (non-hydrogen) atoms. The van der Waals surface area contributed by atoms with Crippen molar-refractivity contribution in [2.24, 2.45) is 0 Å². The van der Waals surface area contributed by atoms with Gasteiger partial charge in [0.2, 0.25) is 0 Å². The number of ether oxygens (including phenoxy) is 1. The number of aromatic nitrogens is 1. The smallest absolute Gasteiger partial charge is 0.171 e. The highest BCUT2D eigenvalue weighted by Crippen LogP contribution is 2.05. The van der Waals surface area contributed by atoms with Crippen molar-refractivity contribution >= 4 is 11.6 Å². The lowest BCUT2D eigenvalue weighted by Gasteiger charge is -2.01. The molecule has 0 unspecified atom stereocenters. The molecule has 5 heteroatoms. The topological polar surface area (TPSA) is 56.3 Å². The third-order valence-corrected chi connectivity index (χ3v) is 2.11. The van der Waals surface area contributed by atoms with E-state index < -0.39 is 11.6 Å². The van der Waals surface area contributed by atoms with Crippen molar-refractivity contribution in [3.63, 3.8) is 0 Å². The Morgan fingerprint density at radius 2 is 2.18 bits per heavy atom. The Balaban J connectivity index is 2.46. The maximum absolute atomic E-state index is 12.8. The molecule has 1 aromatic heterocycles. The molecule has 0 aromatic carbocycles. The molecule has 0 N–H and O–H groups in total. The first-order valence-corrected chi connectivity index (χ1v) is 5.36. The molecule has 1 rings (SSSR count). The van der Waals surface area contributed by atoms with Crippen LogP contribution in [0.5, 0.6) is 0 Å². The zero-order chi connectivity index (χ0) is 12.7. The third-order valence-electron chi connectivity index (χ3n) is 2.11. The van der Waals surface area contributed by atoms with E-state index in [1.54, 1.807) is 0 Å². The molecule has 92 valence electrons. The zero-order valence-corrected chi connectivity index (χ0v) is 9.61. The number of Topliss-reactive ketones (excluding diaryl/α,β-unsaturated/α-hetero) is 2. The van der Waals surface area contributed by atoms with E-state index in [0.717, 1.165) is 12.3 Å². The van der Waals surface area contributed by atoms with Crippen LogP contribution in [0.1, 0.15) is 30.1 Å². The van der Waals surface area contributed by atoms with E-state index in [-0.39, 0.29) is 24.2 Å². The number of carbonyl (C=O) groups is 2. The summed E-state index contributed by atoms with van der Waals surface area (Å²) in [5.41, 5.74) is 0.120. The first-order chi connectivity index (χ1) is 8.13. The molecule has 0 amide bonds. The molecule has 0 aliphatic rings. The quantitative estimate of drug-likeness (QED) is 0.413. The molecule has 0 atom stereocenters. The van der Waals surface area contributed by atoms with Gasteiger partial charge in [-0.1, -0.05) is 0 Å². The second-order valence-electron chi connectivity index (χ2n) is 3.48. The standard InChI is InChI=1S/C12H14FNO3/c1-2-17-4-3-11(15)6-12(16)9-5-10(13)8-14-7-9/h5,7-8H,2-4,6H2,1H3. The van der Waals surface area contributed by atoms with Gasteiger partial charge in [0.25, 0.3) is 0 Å². The molecule has 1 heterocycles. The Kier molecular flexibility index (Phi) is 5.42. The van der Waals surface area contributed by atoms with Gasteiger partial charge in [-0.05, 0) is 13.0 Å². The van der Waals surface area contributed by atoms with Gasteiger partial charge in [0.05, 0.1) is 19.2 Å². The Bertz CT molecular complexity index is 406. The maximum atomic E-state index is 12.8. The molecule has 0 saturated carbocycles. The van der Waals surface area contributed by atoms with Crippen LogP contribution in [0.2, 0.25) is 0 Å². The van der Waals surface area contributed by atoms with Gasteiger partial charge in [-0.3, -0.25) is 14.6 Å². The van der Waals surface area contributed by atoms with E-state index >= 15 is 0 Å². The zero-order valence-electron chi connectivity index (χ0n) is 9.61. The summed E-state index contributed by atoms with van der Waals surface area (Å²) in [6.07, 6.45) is 2.22. The number of halogens is 1. The van der Waals surface area contributed by atoms with Gasteiger partial charge in [-0.25, -0.2) is 4.39 Å². The van der Waals surface area contributed by atoms with Gasteiger partial charge in [0.15, 0.2) is 5.78 Å². The summed E-state index contributed by atoms with van der Waals surface area (Å²) in [5, 5.41) is 0. The lowest BCUT2D eigenvalue weighted by atomic mass is 10.1. The summed E-state index contributed by atoms with van der Waals surface area (Å²) in [4.78, 5) is 26.5. The number of rotatable bonds is 7. The monoisotopic (exact) mass is 239 g/mol. The van der Waals surface area contributed by atoms with Gasteiger partial charge in [0, 0.05) is 24.8 Å². The number of pyridine rings is 1. The largest absolute Gasteiger partial charge is 0.381 e. The minimum atomic E-state index is -0.586. The van der Waals surface area contributed by atoms with Crippen LogP contribution in [0.3, 0.4) is 0 Å². The summed E-state index contributed by atoms with van der Waals surface area (Å²) in [6, 6.07) is 1.07. The predicted molar refractivity (Wildman–Crippen MR) is 59.3 cm³/mol. The Morgan fingerprint density at radius 3 is 2.82 bits per heavy atom. The first kappa shape index (κ1) is 13.4. The lowest BCUT2D eigenvalue weighted by molar-refractivity contribution is -0.119. The number of carbonyl (C=O) groups excluding carboxylic acids is 2. The SMILES string of the molecule is CCOCCC(=O)CC(=O)c1cncc(F)c1. The van der Waals surface area contributed by atoms with Crippen LogP contribution in [0.4, 0.5) is 4.39 Å². The Morgan fingerprint density at radius 1 is 1.41 bits per heavy atom. The number of nitrogens with zero attached hydrogens (tertiary/aromatic N) is 1. The number of hydrogen-bond acceptors (Lipinski definition) is 4. The highest BCUT2D eigenvalue weighted by Gasteiger charge is 2.12. The van der Waals surface area contributed by atoms with E-state index in [1.165, 1.54) is 6.20 Å². The van der Waals surface area contributed by atoms with Crippen LogP contribution in [-0.4, -0.2) is 29.8 Å². The van der Waals surface area contributed by atoms with E-state index in [2.05, 4.69) is 4.98 Å². The first-order valence-electron chi connectivity index (χ1n) is 5.36. The molecule has 0 bridgehead atoms. The van der Waals surface area contributed by atoms with Gasteiger partial charge in [-0.15, -0.1) is 0 Å². The predicted octanol–water partition coefficient (Wildman–Crippen LogP) is 1.79. The summed E-state index contributed by atoms with van der Waals surface area (Å²) in [5.74, 6) is -1.22.